The van der Waals surface area contributed by atoms with Crippen molar-refractivity contribution in [2.45, 2.75) is 12.7 Å². The molecular weight excluding hydrogens is 485 g/mol. The van der Waals surface area contributed by atoms with Crippen LogP contribution in [0.4, 0.5) is 29.3 Å². The predicted octanol–water partition coefficient (Wildman–Crippen LogP) is 5.51. The molecular formula is C20H21BrClF3N4O. The van der Waals surface area contributed by atoms with E-state index in [4.69, 9.17) is 11.6 Å². The van der Waals surface area contributed by atoms with Gasteiger partial charge in [-0.1, -0.05) is 33.6 Å². The number of nitrogens with zero attached hydrogens (tertiary/aromatic N) is 2. The fourth-order valence-corrected chi connectivity index (χ4v) is 3.90. The zero-order valence-corrected chi connectivity index (χ0v) is 18.5. The van der Waals surface area contributed by atoms with Crippen molar-refractivity contribution >= 4 is 44.9 Å². The number of alkyl halides is 3. The number of carbonyl (C=O) groups excluding carboxylic acids is 1. The Kier molecular flexibility index (Phi) is 7.28. The molecule has 0 unspecified atom stereocenters. The molecule has 2 aromatic rings. The van der Waals surface area contributed by atoms with Crippen molar-refractivity contribution in [2.75, 3.05) is 43.9 Å². The van der Waals surface area contributed by atoms with E-state index in [9.17, 15) is 18.0 Å². The van der Waals surface area contributed by atoms with Crippen LogP contribution in [-0.2, 0) is 12.7 Å². The van der Waals surface area contributed by atoms with E-state index in [1.54, 1.807) is 18.2 Å². The largest absolute Gasteiger partial charge is 0.416 e. The highest BCUT2D eigenvalue weighted by Gasteiger charge is 2.34. The highest BCUT2D eigenvalue weighted by atomic mass is 79.9. The zero-order valence-electron chi connectivity index (χ0n) is 16.2. The maximum absolute atomic E-state index is 13.6. The number of piperazine rings is 1. The van der Waals surface area contributed by atoms with Crippen molar-refractivity contribution in [2.24, 2.45) is 0 Å². The van der Waals surface area contributed by atoms with Crippen molar-refractivity contribution in [1.82, 2.24) is 9.80 Å². The zero-order chi connectivity index (χ0) is 21.9. The third-order valence-electron chi connectivity index (χ3n) is 4.84. The average Bonchev–Trinajstić information content (AvgIpc) is 2.66. The normalized spacial score (nSPS) is 15.8. The second-order valence-electron chi connectivity index (χ2n) is 7.15. The molecule has 5 nitrogen and oxygen atoms in total. The molecule has 1 fully saturated rings. The first-order valence-electron chi connectivity index (χ1n) is 9.26. The number of amides is 2. The third-order valence-corrected chi connectivity index (χ3v) is 5.65. The summed E-state index contributed by atoms with van der Waals surface area (Å²) in [6.45, 7) is 3.28. The maximum Gasteiger partial charge on any atom is 0.416 e. The highest BCUT2D eigenvalue weighted by molar-refractivity contribution is 9.10. The molecule has 3 rings (SSSR count). The second kappa shape index (κ2) is 9.55. The second-order valence-corrected chi connectivity index (χ2v) is 8.48. The van der Waals surface area contributed by atoms with Gasteiger partial charge in [-0.05, 0) is 42.9 Å². The number of rotatable bonds is 4. The molecule has 2 aromatic carbocycles. The summed E-state index contributed by atoms with van der Waals surface area (Å²) in [5.41, 5.74) is -0.162. The lowest BCUT2D eigenvalue weighted by molar-refractivity contribution is -0.138. The molecule has 0 bridgehead atoms. The number of carbonyl (C=O) groups is 1. The molecule has 1 aliphatic heterocycles. The van der Waals surface area contributed by atoms with Gasteiger partial charge in [0.05, 0.1) is 16.3 Å². The number of benzene rings is 2. The maximum atomic E-state index is 13.6. The van der Waals surface area contributed by atoms with E-state index in [0.717, 1.165) is 23.6 Å². The van der Waals surface area contributed by atoms with Crippen LogP contribution in [0.15, 0.2) is 40.9 Å². The molecule has 1 saturated heterocycles. The predicted molar refractivity (Wildman–Crippen MR) is 116 cm³/mol. The van der Waals surface area contributed by atoms with Gasteiger partial charge in [0, 0.05) is 42.9 Å². The summed E-state index contributed by atoms with van der Waals surface area (Å²) in [6.07, 6.45) is -4.52. The minimum atomic E-state index is -4.52. The summed E-state index contributed by atoms with van der Waals surface area (Å²) >= 11 is 9.32. The summed E-state index contributed by atoms with van der Waals surface area (Å²) < 4.78 is 41.7. The monoisotopic (exact) mass is 504 g/mol. The molecule has 0 aliphatic carbocycles. The summed E-state index contributed by atoms with van der Waals surface area (Å²) in [5.74, 6) is 0. The number of hydrogen-bond acceptors (Lipinski definition) is 3. The molecule has 30 heavy (non-hydrogen) atoms. The van der Waals surface area contributed by atoms with Gasteiger partial charge in [-0.15, -0.1) is 0 Å². The molecule has 10 heteroatoms. The first-order valence-corrected chi connectivity index (χ1v) is 10.4. The quantitative estimate of drug-likeness (QED) is 0.576. The van der Waals surface area contributed by atoms with Crippen molar-refractivity contribution in [3.63, 3.8) is 0 Å². The van der Waals surface area contributed by atoms with Crippen LogP contribution in [0.3, 0.4) is 0 Å². The highest BCUT2D eigenvalue weighted by Crippen LogP contribution is 2.35. The first kappa shape index (κ1) is 22.9. The van der Waals surface area contributed by atoms with Gasteiger partial charge in [-0.3, -0.25) is 4.90 Å². The lowest BCUT2D eigenvalue weighted by atomic mass is 10.0. The molecule has 0 saturated carbocycles. The van der Waals surface area contributed by atoms with E-state index >= 15 is 0 Å². The number of likely N-dealkylation sites (N-methyl/N-ethyl adjacent to an activating group) is 1. The lowest BCUT2D eigenvalue weighted by Gasteiger charge is -2.33. The van der Waals surface area contributed by atoms with Crippen LogP contribution in [0.5, 0.6) is 0 Å². The van der Waals surface area contributed by atoms with E-state index in [1.807, 2.05) is 11.9 Å². The topological polar surface area (TPSA) is 47.6 Å². The van der Waals surface area contributed by atoms with Gasteiger partial charge in [0.15, 0.2) is 0 Å². The van der Waals surface area contributed by atoms with Gasteiger partial charge >= 0.3 is 12.2 Å². The molecule has 1 heterocycles. The van der Waals surface area contributed by atoms with Gasteiger partial charge < -0.3 is 15.5 Å². The van der Waals surface area contributed by atoms with E-state index in [1.165, 1.54) is 12.1 Å². The first-order chi connectivity index (χ1) is 14.1. The Morgan fingerprint density at radius 3 is 2.43 bits per heavy atom. The van der Waals surface area contributed by atoms with Gasteiger partial charge in [0.25, 0.3) is 0 Å². The summed E-state index contributed by atoms with van der Waals surface area (Å²) in [4.78, 5) is 16.4. The van der Waals surface area contributed by atoms with Crippen LogP contribution in [-0.4, -0.2) is 49.1 Å². The molecule has 0 spiro atoms. The molecule has 2 amide bonds. The van der Waals surface area contributed by atoms with Gasteiger partial charge in [0.2, 0.25) is 0 Å². The third kappa shape index (κ3) is 6.10. The van der Waals surface area contributed by atoms with Crippen LogP contribution in [0, 0.1) is 0 Å². The average molecular weight is 506 g/mol. The van der Waals surface area contributed by atoms with Crippen LogP contribution < -0.4 is 10.6 Å². The Hall–Kier alpha value is -1.81. The van der Waals surface area contributed by atoms with Crippen molar-refractivity contribution in [3.05, 3.63) is 57.0 Å². The molecule has 0 radical (unpaired) electrons. The van der Waals surface area contributed by atoms with Crippen LogP contribution in [0.2, 0.25) is 5.02 Å². The van der Waals surface area contributed by atoms with Crippen LogP contribution in [0.25, 0.3) is 0 Å². The number of urea groups is 1. The minimum Gasteiger partial charge on any atom is -0.308 e. The molecule has 2 N–H and O–H groups in total. The van der Waals surface area contributed by atoms with Crippen molar-refractivity contribution < 1.29 is 18.0 Å². The minimum absolute atomic E-state index is 0.0511. The smallest absolute Gasteiger partial charge is 0.308 e. The molecule has 0 aromatic heterocycles. The van der Waals surface area contributed by atoms with Gasteiger partial charge in [-0.25, -0.2) is 4.79 Å². The van der Waals surface area contributed by atoms with Gasteiger partial charge in [-0.2, -0.15) is 13.2 Å². The Morgan fingerprint density at radius 2 is 1.80 bits per heavy atom. The van der Waals surface area contributed by atoms with Crippen LogP contribution >= 0.6 is 27.5 Å². The van der Waals surface area contributed by atoms with E-state index in [2.05, 4.69) is 31.5 Å². The van der Waals surface area contributed by atoms with Crippen LogP contribution in [0.1, 0.15) is 11.1 Å². The van der Waals surface area contributed by atoms with E-state index < -0.39 is 17.8 Å². The molecule has 1 aliphatic rings. The Morgan fingerprint density at radius 1 is 1.10 bits per heavy atom. The summed E-state index contributed by atoms with van der Waals surface area (Å²) in [5, 5.41) is 5.28. The molecule has 0 atom stereocenters. The fraction of sp³-hybridized carbons (Fsp3) is 0.350. The number of nitrogens with one attached hydrogen (secondary N) is 2. The van der Waals surface area contributed by atoms with E-state index in [0.29, 0.717) is 23.8 Å². The Bertz CT molecular complexity index is 917. The number of hydrogen-bond donors (Lipinski definition) is 2. The molecule has 162 valence electrons. The number of halogens is 5. The summed E-state index contributed by atoms with van der Waals surface area (Å²) in [7, 11) is 1.99. The Labute approximate surface area is 186 Å². The van der Waals surface area contributed by atoms with Crippen molar-refractivity contribution in [1.29, 1.82) is 0 Å². The SMILES string of the molecule is CN1CCN(Cc2ccc(NC(=O)Nc3ccc(Br)cc3Cl)cc2C(F)(F)F)CC1. The Balaban J connectivity index is 1.73. The number of anilines is 2. The summed E-state index contributed by atoms with van der Waals surface area (Å²) in [6, 6.07) is 8.06. The lowest BCUT2D eigenvalue weighted by Crippen LogP contribution is -2.44. The van der Waals surface area contributed by atoms with E-state index in [-0.39, 0.29) is 17.8 Å². The fourth-order valence-electron chi connectivity index (χ4n) is 3.18. The van der Waals surface area contributed by atoms with Gasteiger partial charge in [0.1, 0.15) is 0 Å². The standard InChI is InChI=1S/C20H21BrClF3N4O/c1-28-6-8-29(9-7-28)12-13-2-4-15(11-16(13)20(23,24)25)26-19(30)27-18-5-3-14(21)10-17(18)22/h2-5,10-11H,6-9,12H2,1H3,(H2,26,27,30). The van der Waals surface area contributed by atoms with Crippen molar-refractivity contribution in [3.8, 4) is 0 Å².